The van der Waals surface area contributed by atoms with Crippen LogP contribution in [0.15, 0.2) is 78.5 Å². The van der Waals surface area contributed by atoms with Gasteiger partial charge in [-0.1, -0.05) is 48.9 Å². The fraction of sp³-hybridized carbons (Fsp3) is 0.487. The molecule has 6 nitrogen and oxygen atoms in total. The molecule has 9 heteroatoms. The predicted molar refractivity (Wildman–Crippen MR) is 181 cm³/mol. The van der Waals surface area contributed by atoms with E-state index in [1.165, 1.54) is 17.7 Å². The monoisotopic (exact) mass is 661 g/mol. The van der Waals surface area contributed by atoms with E-state index in [-0.39, 0.29) is 11.5 Å². The number of alkyl halides is 3. The molecule has 48 heavy (non-hydrogen) atoms. The lowest BCUT2D eigenvalue weighted by Gasteiger charge is -2.47. The highest BCUT2D eigenvalue weighted by Crippen LogP contribution is 2.59. The standard InChI is InChI=1S/C39H46F3N3O3/c1-27-7-6-16-37(2)34(15-17-38(37,48)26-44-19-21-45(22-20-44)35-10-3-4-18-43-35)32-14-12-28(23-31(46)13-11-27)24-33(32)36(47)29-8-5-9-30(25-29)39(40,41)42/h3-5,7-10,12,14,18,24-25,31,34,46,48H,6,11,13,15-17,19-23,26H2,1-2H3. The summed E-state index contributed by atoms with van der Waals surface area (Å²) in [6.45, 7) is 7.90. The summed E-state index contributed by atoms with van der Waals surface area (Å²) in [5.41, 5.74) is 0.524. The van der Waals surface area contributed by atoms with Gasteiger partial charge in [0, 0.05) is 55.5 Å². The van der Waals surface area contributed by atoms with Crippen LogP contribution in [0.2, 0.25) is 0 Å². The lowest BCUT2D eigenvalue weighted by atomic mass is 9.64. The topological polar surface area (TPSA) is 76.9 Å². The number of β-amino-alcohol motifs (C(OH)–C–C–N with tert-alkyl or cyclic N) is 1. The molecule has 2 heterocycles. The summed E-state index contributed by atoms with van der Waals surface area (Å²) in [5.74, 6) is 0.280. The minimum atomic E-state index is -4.58. The van der Waals surface area contributed by atoms with Crippen molar-refractivity contribution in [2.45, 2.75) is 82.6 Å². The summed E-state index contributed by atoms with van der Waals surface area (Å²) >= 11 is 0. The number of allylic oxidation sites excluding steroid dienone is 2. The number of fused-ring (bicyclic) bond motifs is 8. The van der Waals surface area contributed by atoms with Crippen molar-refractivity contribution >= 4 is 11.6 Å². The Morgan fingerprint density at radius 3 is 2.52 bits per heavy atom. The lowest BCUT2D eigenvalue weighted by molar-refractivity contribution is -0.137. The third-order valence-electron chi connectivity index (χ3n) is 11.2. The molecule has 0 amide bonds. The van der Waals surface area contributed by atoms with E-state index >= 15 is 0 Å². The zero-order valence-corrected chi connectivity index (χ0v) is 27.8. The second kappa shape index (κ2) is 13.8. The van der Waals surface area contributed by atoms with Crippen molar-refractivity contribution in [3.63, 3.8) is 0 Å². The van der Waals surface area contributed by atoms with Gasteiger partial charge in [0.25, 0.3) is 0 Å². The molecule has 7 rings (SSSR count). The molecule has 4 atom stereocenters. The second-order valence-electron chi connectivity index (χ2n) is 14.3. The van der Waals surface area contributed by atoms with Gasteiger partial charge in [0.05, 0.1) is 17.3 Å². The number of aliphatic hydroxyl groups excluding tert-OH is 1. The van der Waals surface area contributed by atoms with Crippen LogP contribution in [-0.2, 0) is 12.6 Å². The highest BCUT2D eigenvalue weighted by atomic mass is 19.4. The van der Waals surface area contributed by atoms with Gasteiger partial charge in [0.2, 0.25) is 0 Å². The van der Waals surface area contributed by atoms with Gasteiger partial charge in [-0.15, -0.1) is 0 Å². The highest BCUT2D eigenvalue weighted by molar-refractivity contribution is 6.10. The molecule has 2 bridgehead atoms. The normalized spacial score (nSPS) is 27.3. The van der Waals surface area contributed by atoms with Gasteiger partial charge >= 0.3 is 6.18 Å². The third kappa shape index (κ3) is 7.09. The molecule has 4 aliphatic rings. The number of anilines is 1. The first-order valence-corrected chi connectivity index (χ1v) is 17.2. The number of piperazine rings is 1. The molecule has 2 aromatic carbocycles. The summed E-state index contributed by atoms with van der Waals surface area (Å²) in [5, 5.41) is 23.5. The Labute approximate surface area is 281 Å². The van der Waals surface area contributed by atoms with Gasteiger partial charge in [-0.25, -0.2) is 4.98 Å². The van der Waals surface area contributed by atoms with E-state index in [9.17, 15) is 28.2 Å². The number of aromatic nitrogens is 1. The van der Waals surface area contributed by atoms with Crippen LogP contribution in [0.4, 0.5) is 19.0 Å². The second-order valence-corrected chi connectivity index (χ2v) is 14.3. The van der Waals surface area contributed by atoms with Crippen molar-refractivity contribution in [2.24, 2.45) is 5.41 Å². The first-order valence-electron chi connectivity index (χ1n) is 17.2. The first-order chi connectivity index (χ1) is 22.9. The molecule has 0 radical (unpaired) electrons. The number of nitrogens with zero attached hydrogens (tertiary/aromatic N) is 3. The molecule has 1 saturated carbocycles. The Morgan fingerprint density at radius 2 is 1.79 bits per heavy atom. The van der Waals surface area contributed by atoms with E-state index in [0.29, 0.717) is 44.2 Å². The number of carbonyl (C=O) groups excluding carboxylic acids is 1. The maximum Gasteiger partial charge on any atom is 0.416 e. The van der Waals surface area contributed by atoms with Crippen molar-refractivity contribution in [1.82, 2.24) is 9.88 Å². The van der Waals surface area contributed by atoms with E-state index in [0.717, 1.165) is 68.1 Å². The van der Waals surface area contributed by atoms with Crippen molar-refractivity contribution in [2.75, 3.05) is 37.6 Å². The lowest BCUT2D eigenvalue weighted by Crippen LogP contribution is -2.56. The van der Waals surface area contributed by atoms with Gasteiger partial charge in [0.15, 0.2) is 5.78 Å². The van der Waals surface area contributed by atoms with Gasteiger partial charge in [-0.3, -0.25) is 9.69 Å². The zero-order chi connectivity index (χ0) is 34.1. The van der Waals surface area contributed by atoms with Crippen molar-refractivity contribution in [3.05, 3.63) is 106 Å². The summed E-state index contributed by atoms with van der Waals surface area (Å²) in [6, 6.07) is 16.1. The molecule has 1 saturated heterocycles. The predicted octanol–water partition coefficient (Wildman–Crippen LogP) is 7.19. The van der Waals surface area contributed by atoms with E-state index in [4.69, 9.17) is 0 Å². The Hall–Kier alpha value is -3.53. The fourth-order valence-electron chi connectivity index (χ4n) is 8.23. The Bertz CT molecular complexity index is 1640. The number of benzene rings is 2. The number of rotatable bonds is 5. The minimum absolute atomic E-state index is 0.0239. The number of pyridine rings is 1. The summed E-state index contributed by atoms with van der Waals surface area (Å²) in [4.78, 5) is 23.3. The van der Waals surface area contributed by atoms with Crippen molar-refractivity contribution in [1.29, 1.82) is 0 Å². The molecular formula is C39H46F3N3O3. The fourth-order valence-corrected chi connectivity index (χ4v) is 8.23. The van der Waals surface area contributed by atoms with Crippen LogP contribution in [0.3, 0.4) is 0 Å². The third-order valence-corrected chi connectivity index (χ3v) is 11.2. The SMILES string of the molecule is CC1=CCCC2(C)C(CCC2(O)CN2CCN(c3ccccn3)CC2)c2ccc(cc2C(=O)c2cccc(C(F)(F)F)c2)CC(O)CC1. The number of hydrogen-bond acceptors (Lipinski definition) is 6. The van der Waals surface area contributed by atoms with Crippen LogP contribution in [0.25, 0.3) is 0 Å². The molecule has 2 N–H and O–H groups in total. The molecule has 4 unspecified atom stereocenters. The summed E-state index contributed by atoms with van der Waals surface area (Å²) < 4.78 is 41.0. The number of ketones is 1. The quantitative estimate of drug-likeness (QED) is 0.223. The molecule has 256 valence electrons. The molecule has 1 aliphatic heterocycles. The Morgan fingerprint density at radius 1 is 1.00 bits per heavy atom. The van der Waals surface area contributed by atoms with Gasteiger partial charge in [-0.2, -0.15) is 13.2 Å². The molecule has 1 aromatic heterocycles. The van der Waals surface area contributed by atoms with Crippen LogP contribution in [0, 0.1) is 5.41 Å². The molecule has 0 spiro atoms. The first kappa shape index (κ1) is 34.3. The zero-order valence-electron chi connectivity index (χ0n) is 27.8. The summed E-state index contributed by atoms with van der Waals surface area (Å²) in [7, 11) is 0. The van der Waals surface area contributed by atoms with Crippen molar-refractivity contribution < 1.29 is 28.2 Å². The maximum atomic E-state index is 14.2. The Kier molecular flexibility index (Phi) is 9.85. The smallest absolute Gasteiger partial charge is 0.393 e. The molecule has 2 fully saturated rings. The van der Waals surface area contributed by atoms with Gasteiger partial charge in [0.1, 0.15) is 5.82 Å². The van der Waals surface area contributed by atoms with E-state index < -0.39 is 34.6 Å². The summed E-state index contributed by atoms with van der Waals surface area (Å²) in [6.07, 6.45) is 3.08. The van der Waals surface area contributed by atoms with Crippen LogP contribution in [0.5, 0.6) is 0 Å². The number of hydrogen-bond donors (Lipinski definition) is 2. The van der Waals surface area contributed by atoms with Crippen LogP contribution >= 0.6 is 0 Å². The highest BCUT2D eigenvalue weighted by Gasteiger charge is 2.57. The van der Waals surface area contributed by atoms with Crippen LogP contribution < -0.4 is 4.90 Å². The van der Waals surface area contributed by atoms with Crippen LogP contribution in [-0.4, -0.2) is 70.3 Å². The molecule has 3 aliphatic carbocycles. The van der Waals surface area contributed by atoms with E-state index in [1.54, 1.807) is 12.3 Å². The van der Waals surface area contributed by atoms with E-state index in [2.05, 4.69) is 34.7 Å². The minimum Gasteiger partial charge on any atom is -0.393 e. The molecule has 3 aromatic rings. The average Bonchev–Trinajstić information content (AvgIpc) is 3.32. The maximum absolute atomic E-state index is 14.2. The van der Waals surface area contributed by atoms with Crippen molar-refractivity contribution in [3.8, 4) is 0 Å². The van der Waals surface area contributed by atoms with Gasteiger partial charge < -0.3 is 15.1 Å². The van der Waals surface area contributed by atoms with E-state index in [1.807, 2.05) is 30.3 Å². The number of halogens is 3. The number of aliphatic hydroxyl groups is 2. The molecular weight excluding hydrogens is 615 g/mol. The largest absolute Gasteiger partial charge is 0.416 e. The Balaban J connectivity index is 1.35. The average molecular weight is 662 g/mol. The number of carbonyl (C=O) groups is 1. The van der Waals surface area contributed by atoms with Gasteiger partial charge in [-0.05, 0) is 99.2 Å². The van der Waals surface area contributed by atoms with Crippen LogP contribution in [0.1, 0.15) is 90.9 Å².